The number of nitrogen functional groups attached to an aromatic ring is 1. The summed E-state index contributed by atoms with van der Waals surface area (Å²) in [6.07, 6.45) is 0. The summed E-state index contributed by atoms with van der Waals surface area (Å²) < 4.78 is 0. The fourth-order valence-corrected chi connectivity index (χ4v) is 3.50. The molecule has 0 amide bonds. The average Bonchev–Trinajstić information content (AvgIpc) is 2.87. The van der Waals surface area contributed by atoms with Crippen LogP contribution in [0.2, 0.25) is 0 Å². The van der Waals surface area contributed by atoms with E-state index in [-0.39, 0.29) is 0 Å². The van der Waals surface area contributed by atoms with E-state index >= 15 is 0 Å². The maximum Gasteiger partial charge on any atom is 0.0394 e. The third-order valence-electron chi connectivity index (χ3n) is 5.13. The Balaban J connectivity index is 0.000000166. The molecule has 0 heterocycles. The van der Waals surface area contributed by atoms with E-state index in [2.05, 4.69) is 84.9 Å². The molecule has 0 bridgehead atoms. The molecule has 0 radical (unpaired) electrons. The van der Waals surface area contributed by atoms with Crippen molar-refractivity contribution in [3.63, 3.8) is 0 Å². The van der Waals surface area contributed by atoms with Crippen molar-refractivity contribution in [2.45, 2.75) is 0 Å². The Hall–Kier alpha value is -4.10. The van der Waals surface area contributed by atoms with Gasteiger partial charge >= 0.3 is 0 Å². The van der Waals surface area contributed by atoms with Gasteiger partial charge in [0.15, 0.2) is 0 Å². The maximum atomic E-state index is 6.10. The molecule has 0 saturated heterocycles. The van der Waals surface area contributed by atoms with E-state index in [1.807, 2.05) is 54.6 Å². The fourth-order valence-electron chi connectivity index (χ4n) is 3.50. The van der Waals surface area contributed by atoms with Gasteiger partial charge in [0, 0.05) is 11.3 Å². The van der Waals surface area contributed by atoms with Crippen LogP contribution in [0.1, 0.15) is 0 Å². The molecule has 0 aliphatic heterocycles. The first-order chi connectivity index (χ1) is 15.3. The van der Waals surface area contributed by atoms with Crippen molar-refractivity contribution in [1.82, 2.24) is 0 Å². The van der Waals surface area contributed by atoms with Gasteiger partial charge in [0.1, 0.15) is 0 Å². The van der Waals surface area contributed by atoms with Crippen LogP contribution in [0, 0.1) is 0 Å². The van der Waals surface area contributed by atoms with Crippen LogP contribution in [0.5, 0.6) is 0 Å². The number of nitrogens with two attached hydrogens (primary N) is 1. The van der Waals surface area contributed by atoms with Gasteiger partial charge in [0.05, 0.1) is 0 Å². The Morgan fingerprint density at radius 3 is 1.10 bits per heavy atom. The Bertz CT molecular complexity index is 1160. The van der Waals surface area contributed by atoms with Crippen LogP contribution in [-0.2, 0) is 0 Å². The number of benzene rings is 5. The molecule has 0 unspecified atom stereocenters. The normalized spacial score (nSPS) is 10.1. The van der Waals surface area contributed by atoms with Gasteiger partial charge in [-0.3, -0.25) is 0 Å². The van der Waals surface area contributed by atoms with Crippen molar-refractivity contribution < 1.29 is 0 Å². The monoisotopic (exact) mass is 399 g/mol. The minimum Gasteiger partial charge on any atom is -0.398 e. The predicted octanol–water partition coefficient (Wildman–Crippen LogP) is 7.96. The van der Waals surface area contributed by atoms with Crippen molar-refractivity contribution in [3.8, 4) is 33.4 Å². The van der Waals surface area contributed by atoms with E-state index in [1.54, 1.807) is 0 Å². The highest BCUT2D eigenvalue weighted by atomic mass is 14.6. The SMILES string of the molecule is Nc1ccc(-c2ccccc2)cc1-c1ccccc1.c1ccc(-c2ccccc2)cc1. The smallest absolute Gasteiger partial charge is 0.0394 e. The summed E-state index contributed by atoms with van der Waals surface area (Å²) in [6.45, 7) is 0. The maximum absolute atomic E-state index is 6.10. The summed E-state index contributed by atoms with van der Waals surface area (Å²) in [5.74, 6) is 0. The summed E-state index contributed by atoms with van der Waals surface area (Å²) in [5.41, 5.74) is 14.1. The van der Waals surface area contributed by atoms with Crippen LogP contribution < -0.4 is 5.73 Å². The largest absolute Gasteiger partial charge is 0.398 e. The molecule has 5 rings (SSSR count). The molecule has 0 aliphatic carbocycles. The van der Waals surface area contributed by atoms with Crippen molar-refractivity contribution in [2.75, 3.05) is 5.73 Å². The molecular weight excluding hydrogens is 374 g/mol. The van der Waals surface area contributed by atoms with Crippen molar-refractivity contribution in [3.05, 3.63) is 140 Å². The van der Waals surface area contributed by atoms with E-state index < -0.39 is 0 Å². The highest BCUT2D eigenvalue weighted by molar-refractivity contribution is 5.81. The quantitative estimate of drug-likeness (QED) is 0.306. The highest BCUT2D eigenvalue weighted by Gasteiger charge is 2.05. The van der Waals surface area contributed by atoms with Crippen molar-refractivity contribution >= 4 is 5.69 Å². The minimum absolute atomic E-state index is 0.811. The van der Waals surface area contributed by atoms with Crippen LogP contribution in [0.4, 0.5) is 5.69 Å². The van der Waals surface area contributed by atoms with Crippen LogP contribution in [0.15, 0.2) is 140 Å². The minimum atomic E-state index is 0.811. The Kier molecular flexibility index (Phi) is 6.57. The summed E-state index contributed by atoms with van der Waals surface area (Å²) in [7, 11) is 0. The van der Waals surface area contributed by atoms with Crippen LogP contribution in [0.3, 0.4) is 0 Å². The van der Waals surface area contributed by atoms with Gasteiger partial charge in [-0.25, -0.2) is 0 Å². The molecule has 31 heavy (non-hydrogen) atoms. The molecule has 0 saturated carbocycles. The van der Waals surface area contributed by atoms with E-state index in [0.717, 1.165) is 16.8 Å². The third kappa shape index (κ3) is 5.29. The van der Waals surface area contributed by atoms with E-state index in [1.165, 1.54) is 22.3 Å². The number of hydrogen-bond donors (Lipinski definition) is 1. The highest BCUT2D eigenvalue weighted by Crippen LogP contribution is 2.30. The summed E-state index contributed by atoms with van der Waals surface area (Å²) in [5, 5.41) is 0. The standard InChI is InChI=1S/C18H15N.C12H10/c19-18-12-11-16(14-7-3-1-4-8-14)13-17(18)15-9-5-2-6-10-15;1-3-7-11(8-4-1)12-9-5-2-6-10-12/h1-13H,19H2;1-10H. The number of anilines is 1. The van der Waals surface area contributed by atoms with Crippen molar-refractivity contribution in [1.29, 1.82) is 0 Å². The zero-order chi connectivity index (χ0) is 21.3. The first-order valence-corrected chi connectivity index (χ1v) is 10.4. The zero-order valence-electron chi connectivity index (χ0n) is 17.4. The van der Waals surface area contributed by atoms with E-state index in [4.69, 9.17) is 5.73 Å². The molecule has 0 aliphatic rings. The van der Waals surface area contributed by atoms with Gasteiger partial charge in [-0.05, 0) is 39.9 Å². The summed E-state index contributed by atoms with van der Waals surface area (Å²) in [6, 6.07) is 47.6. The van der Waals surface area contributed by atoms with E-state index in [9.17, 15) is 0 Å². The van der Waals surface area contributed by atoms with Crippen LogP contribution in [-0.4, -0.2) is 0 Å². The molecule has 5 aromatic rings. The fraction of sp³-hybridized carbons (Fsp3) is 0. The Morgan fingerprint density at radius 1 is 0.323 bits per heavy atom. The summed E-state index contributed by atoms with van der Waals surface area (Å²) in [4.78, 5) is 0. The Morgan fingerprint density at radius 2 is 0.677 bits per heavy atom. The molecule has 0 atom stereocenters. The third-order valence-corrected chi connectivity index (χ3v) is 5.13. The number of rotatable bonds is 3. The lowest BCUT2D eigenvalue weighted by Gasteiger charge is -2.09. The molecule has 0 spiro atoms. The topological polar surface area (TPSA) is 26.0 Å². The van der Waals surface area contributed by atoms with Gasteiger partial charge in [0.2, 0.25) is 0 Å². The molecular formula is C30H25N. The second-order valence-electron chi connectivity index (χ2n) is 7.27. The lowest BCUT2D eigenvalue weighted by Crippen LogP contribution is -1.90. The van der Waals surface area contributed by atoms with Crippen LogP contribution in [0.25, 0.3) is 33.4 Å². The van der Waals surface area contributed by atoms with Gasteiger partial charge in [-0.15, -0.1) is 0 Å². The second-order valence-corrected chi connectivity index (χ2v) is 7.27. The molecule has 1 nitrogen and oxygen atoms in total. The van der Waals surface area contributed by atoms with Gasteiger partial charge in [0.25, 0.3) is 0 Å². The van der Waals surface area contributed by atoms with Gasteiger partial charge in [-0.1, -0.05) is 127 Å². The van der Waals surface area contributed by atoms with Crippen LogP contribution >= 0.6 is 0 Å². The average molecular weight is 400 g/mol. The predicted molar refractivity (Wildman–Crippen MR) is 134 cm³/mol. The van der Waals surface area contributed by atoms with Gasteiger partial charge in [-0.2, -0.15) is 0 Å². The number of hydrogen-bond acceptors (Lipinski definition) is 1. The van der Waals surface area contributed by atoms with Gasteiger partial charge < -0.3 is 5.73 Å². The molecule has 0 aromatic heterocycles. The lowest BCUT2D eigenvalue weighted by molar-refractivity contribution is 1.58. The molecule has 5 aromatic carbocycles. The zero-order valence-corrected chi connectivity index (χ0v) is 17.4. The van der Waals surface area contributed by atoms with Crippen molar-refractivity contribution in [2.24, 2.45) is 0 Å². The lowest BCUT2D eigenvalue weighted by atomic mass is 9.98. The molecule has 150 valence electrons. The Labute approximate surface area is 184 Å². The van der Waals surface area contributed by atoms with E-state index in [0.29, 0.717) is 0 Å². The second kappa shape index (κ2) is 10.1. The molecule has 2 N–H and O–H groups in total. The molecule has 1 heteroatoms. The first kappa shape index (κ1) is 20.2. The first-order valence-electron chi connectivity index (χ1n) is 10.4. The molecule has 0 fully saturated rings. The summed E-state index contributed by atoms with van der Waals surface area (Å²) >= 11 is 0.